The van der Waals surface area contributed by atoms with Gasteiger partial charge in [0.2, 0.25) is 5.88 Å². The second-order valence-electron chi connectivity index (χ2n) is 6.29. The van der Waals surface area contributed by atoms with Crippen molar-refractivity contribution in [2.45, 2.75) is 26.4 Å². The Balaban J connectivity index is 0.00000225. The minimum Gasteiger partial charge on any atom is -0.473 e. The van der Waals surface area contributed by atoms with Crippen LogP contribution >= 0.6 is 0 Å². The van der Waals surface area contributed by atoms with Crippen LogP contribution in [0.2, 0.25) is 0 Å². The number of H-pyrrole nitrogens is 1. The molecule has 0 aliphatic heterocycles. The molecule has 25 heavy (non-hydrogen) atoms. The second kappa shape index (κ2) is 6.89. The molecular weight excluding hydrogens is 320 g/mol. The molecule has 0 aliphatic rings. The van der Waals surface area contributed by atoms with E-state index in [9.17, 15) is 10.4 Å². The van der Waals surface area contributed by atoms with Gasteiger partial charge in [-0.1, -0.05) is 12.1 Å². The van der Waals surface area contributed by atoms with E-state index in [-0.39, 0.29) is 12.1 Å². The third-order valence-electron chi connectivity index (χ3n) is 3.58. The molecule has 7 nitrogen and oxygen atoms in total. The number of aryl methyl sites for hydroxylation is 1. The van der Waals surface area contributed by atoms with E-state index in [1.54, 1.807) is 26.1 Å². The number of fused-ring (bicyclic) bond motifs is 1. The smallest absolute Gasteiger partial charge is 0.235 e. The molecule has 0 radical (unpaired) electrons. The van der Waals surface area contributed by atoms with Gasteiger partial charge in [0.15, 0.2) is 0 Å². The van der Waals surface area contributed by atoms with Crippen molar-refractivity contribution in [3.05, 3.63) is 41.9 Å². The van der Waals surface area contributed by atoms with Crippen LogP contribution in [0.5, 0.6) is 5.88 Å². The van der Waals surface area contributed by atoms with Crippen LogP contribution < -0.4 is 4.74 Å². The fourth-order valence-corrected chi connectivity index (χ4v) is 2.45. The highest BCUT2D eigenvalue weighted by Crippen LogP contribution is 2.29. The van der Waals surface area contributed by atoms with Crippen LogP contribution in [0, 0.1) is 18.3 Å². The highest BCUT2D eigenvalue weighted by Gasteiger charge is 2.16. The number of hydrogen-bond donors (Lipinski definition) is 2. The van der Waals surface area contributed by atoms with Gasteiger partial charge in [0.05, 0.1) is 28.6 Å². The summed E-state index contributed by atoms with van der Waals surface area (Å²) < 4.78 is 5.52. The van der Waals surface area contributed by atoms with Gasteiger partial charge in [-0.25, -0.2) is 9.97 Å². The van der Waals surface area contributed by atoms with E-state index in [1.165, 1.54) is 0 Å². The second-order valence-corrected chi connectivity index (χ2v) is 6.29. The number of aliphatic hydroxyl groups is 1. The predicted molar refractivity (Wildman–Crippen MR) is 94.2 cm³/mol. The molecule has 2 aromatic heterocycles. The van der Waals surface area contributed by atoms with E-state index in [1.807, 2.05) is 25.3 Å². The van der Waals surface area contributed by atoms with Gasteiger partial charge >= 0.3 is 0 Å². The van der Waals surface area contributed by atoms with Crippen LogP contribution in [0.15, 0.2) is 30.6 Å². The number of para-hydroxylation sites is 1. The van der Waals surface area contributed by atoms with Gasteiger partial charge in [-0.2, -0.15) is 5.26 Å². The van der Waals surface area contributed by atoms with Crippen LogP contribution in [0.25, 0.3) is 22.2 Å². The lowest BCUT2D eigenvalue weighted by molar-refractivity contribution is 0.0264. The Bertz CT molecular complexity index is 936. The maximum absolute atomic E-state index is 9.74. The van der Waals surface area contributed by atoms with Crippen molar-refractivity contribution in [3.8, 4) is 23.2 Å². The van der Waals surface area contributed by atoms with Gasteiger partial charge < -0.3 is 20.3 Å². The molecule has 0 spiro atoms. The number of aromatic amines is 1. The molecule has 0 unspecified atom stereocenters. The molecule has 0 atom stereocenters. The Morgan fingerprint density at radius 2 is 2.12 bits per heavy atom. The fraction of sp³-hybridized carbons (Fsp3) is 0.278. The third kappa shape index (κ3) is 3.76. The number of benzene rings is 1. The Morgan fingerprint density at radius 3 is 2.76 bits per heavy atom. The standard InChI is InChI=1S/C18H18N4O2.H2O/c1-11-17(24-10-18(2,3)23)21-9-15(22-11)14-8-20-16-12(7-19)5-4-6-13(14)16;/h4-6,8-9,20,23H,10H2,1-3H3;1H2. The third-order valence-corrected chi connectivity index (χ3v) is 3.58. The van der Waals surface area contributed by atoms with Gasteiger partial charge in [0, 0.05) is 17.1 Å². The summed E-state index contributed by atoms with van der Waals surface area (Å²) in [6.45, 7) is 5.29. The maximum Gasteiger partial charge on any atom is 0.235 e. The largest absolute Gasteiger partial charge is 0.473 e. The van der Waals surface area contributed by atoms with E-state index >= 15 is 0 Å². The molecule has 4 N–H and O–H groups in total. The summed E-state index contributed by atoms with van der Waals surface area (Å²) in [6, 6.07) is 7.73. The van der Waals surface area contributed by atoms with Crippen molar-refractivity contribution in [2.75, 3.05) is 6.61 Å². The SMILES string of the molecule is Cc1nc(-c2c[nH]c3c(C#N)cccc23)cnc1OCC(C)(C)O.O. The quantitative estimate of drug-likeness (QED) is 0.752. The molecule has 3 rings (SSSR count). The van der Waals surface area contributed by atoms with Gasteiger partial charge in [-0.3, -0.25) is 0 Å². The Hall–Kier alpha value is -2.95. The molecular formula is C18H20N4O3. The average molecular weight is 340 g/mol. The maximum atomic E-state index is 9.74. The first-order valence-electron chi connectivity index (χ1n) is 7.58. The number of ether oxygens (including phenoxy) is 1. The van der Waals surface area contributed by atoms with Crippen molar-refractivity contribution in [1.82, 2.24) is 15.0 Å². The lowest BCUT2D eigenvalue weighted by Gasteiger charge is -2.17. The summed E-state index contributed by atoms with van der Waals surface area (Å²) in [6.07, 6.45) is 3.46. The van der Waals surface area contributed by atoms with Gasteiger partial charge in [-0.05, 0) is 26.8 Å². The van der Waals surface area contributed by atoms with Crippen molar-refractivity contribution in [2.24, 2.45) is 0 Å². The zero-order valence-corrected chi connectivity index (χ0v) is 14.3. The van der Waals surface area contributed by atoms with E-state index in [0.29, 0.717) is 22.8 Å². The van der Waals surface area contributed by atoms with Crippen molar-refractivity contribution < 1.29 is 15.3 Å². The van der Waals surface area contributed by atoms with E-state index < -0.39 is 5.60 Å². The molecule has 1 aromatic carbocycles. The molecule has 0 saturated heterocycles. The Labute approximate surface area is 145 Å². The highest BCUT2D eigenvalue weighted by molar-refractivity contribution is 5.97. The number of hydrogen-bond acceptors (Lipinski definition) is 5. The summed E-state index contributed by atoms with van der Waals surface area (Å²) in [5, 5.41) is 19.8. The summed E-state index contributed by atoms with van der Waals surface area (Å²) in [5.41, 5.74) is 2.67. The van der Waals surface area contributed by atoms with Crippen LogP contribution in [0.4, 0.5) is 0 Å². The van der Waals surface area contributed by atoms with Crippen molar-refractivity contribution in [1.29, 1.82) is 5.26 Å². The minimum atomic E-state index is -0.933. The first-order valence-corrected chi connectivity index (χ1v) is 7.58. The number of nitriles is 1. The molecule has 2 heterocycles. The van der Waals surface area contributed by atoms with Crippen LogP contribution in [-0.4, -0.2) is 37.7 Å². The van der Waals surface area contributed by atoms with Gasteiger partial charge in [-0.15, -0.1) is 0 Å². The molecule has 3 aromatic rings. The molecule has 7 heteroatoms. The number of rotatable bonds is 4. The molecule has 0 aliphatic carbocycles. The lowest BCUT2D eigenvalue weighted by Crippen LogP contribution is -2.28. The van der Waals surface area contributed by atoms with Gasteiger partial charge in [0.1, 0.15) is 18.4 Å². The van der Waals surface area contributed by atoms with Crippen molar-refractivity contribution in [3.63, 3.8) is 0 Å². The van der Waals surface area contributed by atoms with Crippen LogP contribution in [-0.2, 0) is 0 Å². The zero-order valence-electron chi connectivity index (χ0n) is 14.3. The summed E-state index contributed by atoms with van der Waals surface area (Å²) >= 11 is 0. The topological polar surface area (TPSA) is 126 Å². The predicted octanol–water partition coefficient (Wildman–Crippen LogP) is 2.13. The molecule has 0 amide bonds. The molecule has 0 saturated carbocycles. The normalized spacial score (nSPS) is 11.0. The van der Waals surface area contributed by atoms with Crippen molar-refractivity contribution >= 4 is 10.9 Å². The monoisotopic (exact) mass is 340 g/mol. The Morgan fingerprint density at radius 1 is 1.36 bits per heavy atom. The summed E-state index contributed by atoms with van der Waals surface area (Å²) in [5.74, 6) is 0.401. The number of nitrogens with one attached hydrogen (secondary N) is 1. The first-order chi connectivity index (χ1) is 11.4. The minimum absolute atomic E-state index is 0. The zero-order chi connectivity index (χ0) is 17.3. The van der Waals surface area contributed by atoms with E-state index in [2.05, 4.69) is 21.0 Å². The number of aromatic nitrogens is 3. The van der Waals surface area contributed by atoms with E-state index in [0.717, 1.165) is 16.5 Å². The van der Waals surface area contributed by atoms with Gasteiger partial charge in [0.25, 0.3) is 0 Å². The molecule has 0 bridgehead atoms. The first kappa shape index (κ1) is 18.4. The van der Waals surface area contributed by atoms with Crippen LogP contribution in [0.3, 0.4) is 0 Å². The number of nitrogens with zero attached hydrogens (tertiary/aromatic N) is 3. The molecule has 130 valence electrons. The highest BCUT2D eigenvalue weighted by atomic mass is 16.5. The fourth-order valence-electron chi connectivity index (χ4n) is 2.45. The van der Waals surface area contributed by atoms with E-state index in [4.69, 9.17) is 4.74 Å². The summed E-state index contributed by atoms with van der Waals surface area (Å²) in [7, 11) is 0. The van der Waals surface area contributed by atoms with Crippen LogP contribution in [0.1, 0.15) is 25.1 Å². The average Bonchev–Trinajstić information content (AvgIpc) is 2.96. The lowest BCUT2D eigenvalue weighted by atomic mass is 10.1. The summed E-state index contributed by atoms with van der Waals surface area (Å²) in [4.78, 5) is 12.0. The Kier molecular flexibility index (Phi) is 5.07. The molecule has 0 fully saturated rings.